The molecule has 1 aliphatic heterocycles. The van der Waals surface area contributed by atoms with E-state index in [-0.39, 0.29) is 12.4 Å². The third kappa shape index (κ3) is 2.78. The maximum absolute atomic E-state index is 13.7. The van der Waals surface area contributed by atoms with Gasteiger partial charge in [0.05, 0.1) is 0 Å². The Kier molecular flexibility index (Phi) is 3.38. The molecule has 2 nitrogen and oxygen atoms in total. The zero-order valence-electron chi connectivity index (χ0n) is 10.7. The standard InChI is InChI=1S/C14H21FN2/c1-14(2)6-3-7-17(10-14)12-5-4-11(9-16)13(15)8-12/h4-5,8H,3,6-7,9-10,16H2,1-2H3. The lowest BCUT2D eigenvalue weighted by Crippen LogP contribution is -2.40. The lowest BCUT2D eigenvalue weighted by atomic mass is 9.84. The van der Waals surface area contributed by atoms with E-state index in [1.165, 1.54) is 12.8 Å². The number of nitrogens with two attached hydrogens (primary N) is 1. The fourth-order valence-electron chi connectivity index (χ4n) is 2.54. The van der Waals surface area contributed by atoms with Crippen LogP contribution in [-0.4, -0.2) is 13.1 Å². The van der Waals surface area contributed by atoms with Gasteiger partial charge in [0.2, 0.25) is 0 Å². The first kappa shape index (κ1) is 12.4. The summed E-state index contributed by atoms with van der Waals surface area (Å²) in [5.74, 6) is -0.187. The van der Waals surface area contributed by atoms with Crippen molar-refractivity contribution in [2.75, 3.05) is 18.0 Å². The van der Waals surface area contributed by atoms with Gasteiger partial charge in [-0.25, -0.2) is 4.39 Å². The number of nitrogens with zero attached hydrogens (tertiary/aromatic N) is 1. The number of benzene rings is 1. The van der Waals surface area contributed by atoms with E-state index < -0.39 is 0 Å². The molecule has 0 atom stereocenters. The van der Waals surface area contributed by atoms with Crippen LogP contribution in [0.15, 0.2) is 18.2 Å². The minimum Gasteiger partial charge on any atom is -0.371 e. The van der Waals surface area contributed by atoms with E-state index in [0.29, 0.717) is 11.0 Å². The Morgan fingerprint density at radius 1 is 1.41 bits per heavy atom. The second-order valence-corrected chi connectivity index (χ2v) is 5.67. The molecule has 3 heteroatoms. The molecule has 1 aromatic rings. The van der Waals surface area contributed by atoms with Crippen LogP contribution in [0.3, 0.4) is 0 Å². The first-order valence-electron chi connectivity index (χ1n) is 6.25. The number of hydrogen-bond donors (Lipinski definition) is 1. The SMILES string of the molecule is CC1(C)CCCN(c2ccc(CN)c(F)c2)C1. The smallest absolute Gasteiger partial charge is 0.129 e. The van der Waals surface area contributed by atoms with Crippen molar-refractivity contribution in [1.29, 1.82) is 0 Å². The van der Waals surface area contributed by atoms with Crippen molar-refractivity contribution in [2.45, 2.75) is 33.2 Å². The second kappa shape index (κ2) is 4.65. The average Bonchev–Trinajstić information content (AvgIpc) is 2.27. The molecule has 0 saturated carbocycles. The molecule has 1 aromatic carbocycles. The van der Waals surface area contributed by atoms with Crippen LogP contribution in [0, 0.1) is 11.2 Å². The van der Waals surface area contributed by atoms with Gasteiger partial charge in [-0.3, -0.25) is 0 Å². The van der Waals surface area contributed by atoms with Gasteiger partial charge in [0, 0.05) is 30.9 Å². The highest BCUT2D eigenvalue weighted by atomic mass is 19.1. The van der Waals surface area contributed by atoms with Gasteiger partial charge in [-0.2, -0.15) is 0 Å². The molecule has 0 unspecified atom stereocenters. The van der Waals surface area contributed by atoms with Gasteiger partial charge >= 0.3 is 0 Å². The molecular formula is C14H21FN2. The molecule has 2 rings (SSSR count). The van der Waals surface area contributed by atoms with Crippen molar-refractivity contribution in [2.24, 2.45) is 11.1 Å². The number of hydrogen-bond acceptors (Lipinski definition) is 2. The monoisotopic (exact) mass is 236 g/mol. The topological polar surface area (TPSA) is 29.3 Å². The molecule has 0 bridgehead atoms. The first-order chi connectivity index (χ1) is 8.02. The molecule has 0 aromatic heterocycles. The maximum Gasteiger partial charge on any atom is 0.129 e. The van der Waals surface area contributed by atoms with E-state index in [0.717, 1.165) is 18.8 Å². The number of anilines is 1. The Bertz CT molecular complexity index is 401. The molecule has 1 saturated heterocycles. The normalized spacial score (nSPS) is 19.4. The summed E-state index contributed by atoms with van der Waals surface area (Å²) < 4.78 is 13.7. The molecule has 17 heavy (non-hydrogen) atoms. The van der Waals surface area contributed by atoms with Crippen molar-refractivity contribution in [3.8, 4) is 0 Å². The predicted octanol–water partition coefficient (Wildman–Crippen LogP) is 2.91. The third-order valence-corrected chi connectivity index (χ3v) is 3.52. The molecule has 1 aliphatic rings. The molecule has 1 heterocycles. The minimum atomic E-state index is -0.187. The largest absolute Gasteiger partial charge is 0.371 e. The zero-order valence-corrected chi connectivity index (χ0v) is 10.7. The van der Waals surface area contributed by atoms with Crippen molar-refractivity contribution in [3.05, 3.63) is 29.6 Å². The maximum atomic E-state index is 13.7. The lowest BCUT2D eigenvalue weighted by Gasteiger charge is -2.39. The zero-order chi connectivity index (χ0) is 12.5. The Morgan fingerprint density at radius 3 is 2.76 bits per heavy atom. The number of piperidine rings is 1. The number of halogens is 1. The van der Waals surface area contributed by atoms with Crippen molar-refractivity contribution >= 4 is 5.69 Å². The van der Waals surface area contributed by atoms with Crippen molar-refractivity contribution in [1.82, 2.24) is 0 Å². The van der Waals surface area contributed by atoms with Gasteiger partial charge in [0.15, 0.2) is 0 Å². The van der Waals surface area contributed by atoms with Crippen LogP contribution in [0.4, 0.5) is 10.1 Å². The molecular weight excluding hydrogens is 215 g/mol. The fraction of sp³-hybridized carbons (Fsp3) is 0.571. The van der Waals surface area contributed by atoms with Crippen LogP contribution in [0.25, 0.3) is 0 Å². The Morgan fingerprint density at radius 2 is 2.18 bits per heavy atom. The summed E-state index contributed by atoms with van der Waals surface area (Å²) in [6.07, 6.45) is 2.42. The Balaban J connectivity index is 2.19. The lowest BCUT2D eigenvalue weighted by molar-refractivity contribution is 0.293. The van der Waals surface area contributed by atoms with Crippen molar-refractivity contribution < 1.29 is 4.39 Å². The quantitative estimate of drug-likeness (QED) is 0.855. The Labute approximate surface area is 103 Å². The third-order valence-electron chi connectivity index (χ3n) is 3.52. The average molecular weight is 236 g/mol. The highest BCUT2D eigenvalue weighted by Gasteiger charge is 2.26. The van der Waals surface area contributed by atoms with E-state index in [1.807, 2.05) is 6.07 Å². The fourth-order valence-corrected chi connectivity index (χ4v) is 2.54. The van der Waals surface area contributed by atoms with Gasteiger partial charge in [0.1, 0.15) is 5.82 Å². The Hall–Kier alpha value is -1.09. The summed E-state index contributed by atoms with van der Waals surface area (Å²) in [6.45, 7) is 6.81. The van der Waals surface area contributed by atoms with Crippen LogP contribution < -0.4 is 10.6 Å². The van der Waals surface area contributed by atoms with E-state index in [1.54, 1.807) is 12.1 Å². The van der Waals surface area contributed by atoms with Crippen molar-refractivity contribution in [3.63, 3.8) is 0 Å². The molecule has 0 spiro atoms. The molecule has 2 N–H and O–H groups in total. The minimum absolute atomic E-state index is 0.187. The number of rotatable bonds is 2. The first-order valence-corrected chi connectivity index (χ1v) is 6.25. The van der Waals surface area contributed by atoms with Gasteiger partial charge < -0.3 is 10.6 Å². The summed E-state index contributed by atoms with van der Waals surface area (Å²) in [5.41, 5.74) is 7.36. The molecule has 0 radical (unpaired) electrons. The van der Waals surface area contributed by atoms with Gasteiger partial charge in [-0.05, 0) is 30.4 Å². The van der Waals surface area contributed by atoms with E-state index >= 15 is 0 Å². The van der Waals surface area contributed by atoms with Crippen LogP contribution in [0.1, 0.15) is 32.3 Å². The predicted molar refractivity (Wildman–Crippen MR) is 69.5 cm³/mol. The highest BCUT2D eigenvalue weighted by Crippen LogP contribution is 2.32. The van der Waals surface area contributed by atoms with E-state index in [4.69, 9.17) is 5.73 Å². The van der Waals surface area contributed by atoms with Crippen LogP contribution in [0.2, 0.25) is 0 Å². The summed E-state index contributed by atoms with van der Waals surface area (Å²) in [4.78, 5) is 2.27. The molecule has 0 aliphatic carbocycles. The van der Waals surface area contributed by atoms with Crippen LogP contribution in [0.5, 0.6) is 0 Å². The molecule has 1 fully saturated rings. The summed E-state index contributed by atoms with van der Waals surface area (Å²) in [7, 11) is 0. The van der Waals surface area contributed by atoms with E-state index in [9.17, 15) is 4.39 Å². The highest BCUT2D eigenvalue weighted by molar-refractivity contribution is 5.49. The second-order valence-electron chi connectivity index (χ2n) is 5.67. The molecule has 0 amide bonds. The van der Waals surface area contributed by atoms with Gasteiger partial charge in [-0.15, -0.1) is 0 Å². The van der Waals surface area contributed by atoms with Crippen LogP contribution in [-0.2, 0) is 6.54 Å². The summed E-state index contributed by atoms with van der Waals surface area (Å²) in [5, 5.41) is 0. The van der Waals surface area contributed by atoms with Crippen LogP contribution >= 0.6 is 0 Å². The van der Waals surface area contributed by atoms with Gasteiger partial charge in [-0.1, -0.05) is 19.9 Å². The summed E-state index contributed by atoms with van der Waals surface area (Å²) in [6, 6.07) is 5.39. The van der Waals surface area contributed by atoms with Gasteiger partial charge in [0.25, 0.3) is 0 Å². The summed E-state index contributed by atoms with van der Waals surface area (Å²) >= 11 is 0. The molecule has 94 valence electrons. The van der Waals surface area contributed by atoms with E-state index in [2.05, 4.69) is 18.7 Å².